The van der Waals surface area contributed by atoms with Crippen LogP contribution < -0.4 is 10.9 Å². The number of carbonyl (C=O) groups is 1. The van der Waals surface area contributed by atoms with Crippen LogP contribution in [0.3, 0.4) is 0 Å². The van der Waals surface area contributed by atoms with Gasteiger partial charge in [-0.15, -0.1) is 0 Å². The molecule has 1 N–H and O–H groups in total. The van der Waals surface area contributed by atoms with Gasteiger partial charge in [-0.1, -0.05) is 35.5 Å². The van der Waals surface area contributed by atoms with Crippen molar-refractivity contribution < 1.29 is 13.6 Å². The van der Waals surface area contributed by atoms with E-state index in [-0.39, 0.29) is 29.9 Å². The minimum absolute atomic E-state index is 0.181. The van der Waals surface area contributed by atoms with Crippen molar-refractivity contribution >= 4 is 40.2 Å². The molecule has 2 atom stereocenters. The van der Waals surface area contributed by atoms with E-state index in [1.165, 1.54) is 34.7 Å². The van der Waals surface area contributed by atoms with E-state index in [1.807, 2.05) is 6.92 Å². The van der Waals surface area contributed by atoms with Crippen LogP contribution in [-0.4, -0.2) is 20.7 Å². The Morgan fingerprint density at radius 2 is 1.97 bits per heavy atom. The molecule has 0 bridgehead atoms. The molecule has 2 aromatic carbocycles. The van der Waals surface area contributed by atoms with Gasteiger partial charge in [-0.2, -0.15) is 0 Å². The van der Waals surface area contributed by atoms with Crippen molar-refractivity contribution in [2.75, 3.05) is 0 Å². The predicted octanol–water partition coefficient (Wildman–Crippen LogP) is 5.19. The fraction of sp³-hybridized carbons (Fsp3) is 0.208. The van der Waals surface area contributed by atoms with E-state index < -0.39 is 5.25 Å². The molecule has 0 saturated carbocycles. The number of aromatic nitrogens is 2. The van der Waals surface area contributed by atoms with Crippen LogP contribution >= 0.6 is 23.4 Å². The Balaban J connectivity index is 1.61. The molecule has 0 radical (unpaired) electrons. The summed E-state index contributed by atoms with van der Waals surface area (Å²) in [6.07, 6.45) is 1.54. The molecule has 170 valence electrons. The Morgan fingerprint density at radius 3 is 2.67 bits per heavy atom. The zero-order chi connectivity index (χ0) is 23.5. The molecule has 0 fully saturated rings. The lowest BCUT2D eigenvalue weighted by molar-refractivity contribution is -0.120. The summed E-state index contributed by atoms with van der Waals surface area (Å²) in [5.74, 6) is 0.0242. The van der Waals surface area contributed by atoms with Crippen molar-refractivity contribution in [2.45, 2.75) is 36.8 Å². The summed E-state index contributed by atoms with van der Waals surface area (Å²) < 4.78 is 20.1. The van der Waals surface area contributed by atoms with Crippen LogP contribution in [0.4, 0.5) is 4.39 Å². The lowest BCUT2D eigenvalue weighted by atomic mass is 10.1. The van der Waals surface area contributed by atoms with Gasteiger partial charge in [-0.3, -0.25) is 14.2 Å². The highest BCUT2D eigenvalue weighted by molar-refractivity contribution is 8.00. The molecule has 2 unspecified atom stereocenters. The van der Waals surface area contributed by atoms with Crippen LogP contribution in [0.2, 0.25) is 5.02 Å². The third-order valence-corrected chi connectivity index (χ3v) is 6.48. The van der Waals surface area contributed by atoms with Crippen molar-refractivity contribution in [3.8, 4) is 0 Å². The molecule has 2 aromatic heterocycles. The number of fused-ring (bicyclic) bond motifs is 1. The molecule has 33 heavy (non-hydrogen) atoms. The maximum atomic E-state index is 13.2. The van der Waals surface area contributed by atoms with Crippen molar-refractivity contribution in [1.29, 1.82) is 0 Å². The van der Waals surface area contributed by atoms with Crippen LogP contribution in [0.5, 0.6) is 0 Å². The topological polar surface area (TPSA) is 77.1 Å². The van der Waals surface area contributed by atoms with Gasteiger partial charge in [0.05, 0.1) is 35.0 Å². The number of thioether (sulfide) groups is 1. The van der Waals surface area contributed by atoms with Crippen molar-refractivity contribution in [1.82, 2.24) is 14.9 Å². The number of hydrogen-bond donors (Lipinski definition) is 1. The summed E-state index contributed by atoms with van der Waals surface area (Å²) in [7, 11) is 0. The Bertz CT molecular complexity index is 1340. The first-order valence-electron chi connectivity index (χ1n) is 10.3. The average molecular weight is 486 g/mol. The number of benzene rings is 2. The van der Waals surface area contributed by atoms with Gasteiger partial charge in [-0.05, 0) is 61.9 Å². The van der Waals surface area contributed by atoms with Gasteiger partial charge in [0.25, 0.3) is 5.56 Å². The molecule has 4 rings (SSSR count). The second-order valence-electron chi connectivity index (χ2n) is 7.57. The van der Waals surface area contributed by atoms with Crippen LogP contribution in [-0.2, 0) is 11.3 Å². The molecule has 1 amide bonds. The van der Waals surface area contributed by atoms with E-state index in [0.29, 0.717) is 26.8 Å². The number of nitrogens with one attached hydrogen (secondary N) is 1. The van der Waals surface area contributed by atoms with Gasteiger partial charge >= 0.3 is 0 Å². The first-order chi connectivity index (χ1) is 15.8. The number of furan rings is 1. The zero-order valence-corrected chi connectivity index (χ0v) is 19.5. The predicted molar refractivity (Wildman–Crippen MR) is 127 cm³/mol. The van der Waals surface area contributed by atoms with E-state index in [9.17, 15) is 14.0 Å². The van der Waals surface area contributed by atoms with E-state index in [0.717, 1.165) is 5.56 Å². The fourth-order valence-electron chi connectivity index (χ4n) is 3.34. The van der Waals surface area contributed by atoms with Crippen LogP contribution in [0, 0.1) is 5.82 Å². The van der Waals surface area contributed by atoms with E-state index in [1.54, 1.807) is 49.4 Å². The molecule has 4 aromatic rings. The summed E-state index contributed by atoms with van der Waals surface area (Å²) in [6.45, 7) is 3.74. The first kappa shape index (κ1) is 23.1. The summed E-state index contributed by atoms with van der Waals surface area (Å²) >= 11 is 7.27. The standard InChI is InChI=1S/C24H21ClFN3O3S/c1-14(16-5-8-18(26)9-6-16)27-22(30)15(2)33-24-28-21-12-17(25)7-10-20(21)23(31)29(24)13-19-4-3-11-32-19/h3-12,14-15H,13H2,1-2H3,(H,27,30). The molecule has 2 heterocycles. The van der Waals surface area contributed by atoms with Gasteiger partial charge in [-0.25, -0.2) is 9.37 Å². The maximum absolute atomic E-state index is 13.2. The molecule has 0 aliphatic carbocycles. The minimum Gasteiger partial charge on any atom is -0.467 e. The monoisotopic (exact) mass is 485 g/mol. The highest BCUT2D eigenvalue weighted by Gasteiger charge is 2.22. The van der Waals surface area contributed by atoms with Crippen LogP contribution in [0.25, 0.3) is 10.9 Å². The van der Waals surface area contributed by atoms with Gasteiger partial charge in [0.2, 0.25) is 5.91 Å². The second kappa shape index (κ2) is 9.80. The van der Waals surface area contributed by atoms with Gasteiger partial charge in [0, 0.05) is 5.02 Å². The molecule has 0 spiro atoms. The number of amides is 1. The molecular weight excluding hydrogens is 465 g/mol. The third kappa shape index (κ3) is 5.29. The number of rotatable bonds is 7. The average Bonchev–Trinajstić information content (AvgIpc) is 3.30. The SMILES string of the molecule is CC(Sc1nc2cc(Cl)ccc2c(=O)n1Cc1ccco1)C(=O)NC(C)c1ccc(F)cc1. The number of nitrogens with zero attached hydrogens (tertiary/aromatic N) is 2. The Labute approximate surface area is 198 Å². The number of carbonyl (C=O) groups excluding carboxylic acids is 1. The minimum atomic E-state index is -0.556. The van der Waals surface area contributed by atoms with E-state index in [2.05, 4.69) is 10.3 Å². The second-order valence-corrected chi connectivity index (χ2v) is 9.31. The van der Waals surface area contributed by atoms with Crippen molar-refractivity contribution in [3.63, 3.8) is 0 Å². The summed E-state index contributed by atoms with van der Waals surface area (Å²) in [5, 5.41) is 3.64. The normalized spacial score (nSPS) is 13.1. The van der Waals surface area contributed by atoms with E-state index in [4.69, 9.17) is 16.0 Å². The highest BCUT2D eigenvalue weighted by atomic mass is 35.5. The van der Waals surface area contributed by atoms with Crippen molar-refractivity contribution in [3.05, 3.63) is 93.4 Å². The largest absolute Gasteiger partial charge is 0.467 e. The van der Waals surface area contributed by atoms with Crippen molar-refractivity contribution in [2.24, 2.45) is 0 Å². The number of halogens is 2. The van der Waals surface area contributed by atoms with Crippen LogP contribution in [0.1, 0.15) is 31.2 Å². The number of hydrogen-bond acceptors (Lipinski definition) is 5. The first-order valence-corrected chi connectivity index (χ1v) is 11.5. The Kier molecular flexibility index (Phi) is 6.85. The molecule has 9 heteroatoms. The summed E-state index contributed by atoms with van der Waals surface area (Å²) in [4.78, 5) is 30.7. The molecule has 6 nitrogen and oxygen atoms in total. The Morgan fingerprint density at radius 1 is 1.21 bits per heavy atom. The summed E-state index contributed by atoms with van der Waals surface area (Å²) in [6, 6.07) is 14.1. The van der Waals surface area contributed by atoms with Gasteiger partial charge in [0.1, 0.15) is 11.6 Å². The lowest BCUT2D eigenvalue weighted by Crippen LogP contribution is -2.34. The third-order valence-electron chi connectivity index (χ3n) is 5.16. The fourth-order valence-corrected chi connectivity index (χ4v) is 4.42. The molecule has 0 aliphatic rings. The van der Waals surface area contributed by atoms with Gasteiger partial charge in [0.15, 0.2) is 5.16 Å². The van der Waals surface area contributed by atoms with Gasteiger partial charge < -0.3 is 9.73 Å². The van der Waals surface area contributed by atoms with Crippen LogP contribution in [0.15, 0.2) is 75.2 Å². The Hall–Kier alpha value is -3.10. The molecule has 0 aliphatic heterocycles. The lowest BCUT2D eigenvalue weighted by Gasteiger charge is -2.19. The quantitative estimate of drug-likeness (QED) is 0.288. The highest BCUT2D eigenvalue weighted by Crippen LogP contribution is 2.25. The molecular formula is C24H21ClFN3O3S. The smallest absolute Gasteiger partial charge is 0.262 e. The molecule has 0 saturated heterocycles. The maximum Gasteiger partial charge on any atom is 0.262 e. The van der Waals surface area contributed by atoms with E-state index >= 15 is 0 Å². The summed E-state index contributed by atoms with van der Waals surface area (Å²) in [5.41, 5.74) is 0.996. The zero-order valence-electron chi connectivity index (χ0n) is 17.9.